The summed E-state index contributed by atoms with van der Waals surface area (Å²) in [6, 6.07) is 0.0930. The number of amides is 1. The Kier molecular flexibility index (Phi) is 7.11. The van der Waals surface area contributed by atoms with E-state index in [1.807, 2.05) is 14.0 Å². The fraction of sp³-hybridized carbons (Fsp3) is 0.929. The van der Waals surface area contributed by atoms with E-state index in [-0.39, 0.29) is 41.9 Å². The lowest BCUT2D eigenvalue weighted by molar-refractivity contribution is -0.137. The van der Waals surface area contributed by atoms with Crippen LogP contribution in [0.3, 0.4) is 0 Å². The maximum Gasteiger partial charge on any atom is 0.239 e. The van der Waals surface area contributed by atoms with Crippen molar-refractivity contribution in [2.45, 2.75) is 44.3 Å². The minimum Gasteiger partial charge on any atom is -0.340 e. The Morgan fingerprint density at radius 1 is 1.36 bits per heavy atom. The van der Waals surface area contributed by atoms with Gasteiger partial charge in [0.25, 0.3) is 0 Å². The van der Waals surface area contributed by atoms with Crippen molar-refractivity contribution in [2.24, 2.45) is 0 Å². The topological polar surface area (TPSA) is 69.7 Å². The van der Waals surface area contributed by atoms with E-state index in [2.05, 4.69) is 10.2 Å². The van der Waals surface area contributed by atoms with Crippen molar-refractivity contribution in [2.75, 3.05) is 38.7 Å². The molecule has 3 atom stereocenters. The van der Waals surface area contributed by atoms with Crippen molar-refractivity contribution < 1.29 is 13.2 Å². The second-order valence-electron chi connectivity index (χ2n) is 6.30. The molecule has 0 radical (unpaired) electrons. The van der Waals surface area contributed by atoms with Gasteiger partial charge in [0, 0.05) is 25.7 Å². The van der Waals surface area contributed by atoms with Gasteiger partial charge in [-0.1, -0.05) is 0 Å². The van der Waals surface area contributed by atoms with Gasteiger partial charge in [0.2, 0.25) is 5.91 Å². The maximum absolute atomic E-state index is 12.6. The Balaban J connectivity index is 0.00000242. The van der Waals surface area contributed by atoms with E-state index >= 15 is 0 Å². The van der Waals surface area contributed by atoms with Crippen molar-refractivity contribution in [3.63, 3.8) is 0 Å². The number of carbonyl (C=O) groups excluding carboxylic acids is 1. The molecule has 0 aromatic heterocycles. The molecular weight excluding hydrogens is 326 g/mol. The van der Waals surface area contributed by atoms with Gasteiger partial charge >= 0.3 is 0 Å². The summed E-state index contributed by atoms with van der Waals surface area (Å²) in [4.78, 5) is 16.5. The quantitative estimate of drug-likeness (QED) is 0.777. The molecule has 1 amide bonds. The van der Waals surface area contributed by atoms with Gasteiger partial charge in [-0.25, -0.2) is 8.42 Å². The van der Waals surface area contributed by atoms with Gasteiger partial charge in [-0.3, -0.25) is 9.69 Å². The first-order valence-electron chi connectivity index (χ1n) is 7.72. The number of hydrogen-bond donors (Lipinski definition) is 1. The number of carbonyl (C=O) groups is 1. The number of nitrogens with one attached hydrogen (secondary N) is 1. The molecule has 2 rings (SSSR count). The second-order valence-corrected chi connectivity index (χ2v) is 8.53. The molecule has 6 nitrogen and oxygen atoms in total. The van der Waals surface area contributed by atoms with Crippen LogP contribution in [0.4, 0.5) is 0 Å². The first-order valence-corrected chi connectivity index (χ1v) is 9.54. The van der Waals surface area contributed by atoms with Crippen molar-refractivity contribution >= 4 is 28.2 Å². The molecule has 0 bridgehead atoms. The number of rotatable bonds is 4. The van der Waals surface area contributed by atoms with Crippen LogP contribution >= 0.6 is 12.4 Å². The molecule has 0 aromatic rings. The van der Waals surface area contributed by atoms with Gasteiger partial charge in [0.15, 0.2) is 9.84 Å². The van der Waals surface area contributed by atoms with Crippen LogP contribution < -0.4 is 5.32 Å². The molecule has 0 saturated carbocycles. The highest BCUT2D eigenvalue weighted by molar-refractivity contribution is 7.91. The molecule has 2 aliphatic rings. The minimum absolute atomic E-state index is 0. The predicted molar refractivity (Wildman–Crippen MR) is 90.2 cm³/mol. The molecule has 2 fully saturated rings. The zero-order valence-electron chi connectivity index (χ0n) is 13.6. The highest BCUT2D eigenvalue weighted by Crippen LogP contribution is 2.19. The summed E-state index contributed by atoms with van der Waals surface area (Å²) < 4.78 is 23.1. The lowest BCUT2D eigenvalue weighted by Crippen LogP contribution is -2.54. The highest BCUT2D eigenvalue weighted by Gasteiger charge is 2.36. The Bertz CT molecular complexity index is 486. The predicted octanol–water partition coefficient (Wildman–Crippen LogP) is 0.126. The van der Waals surface area contributed by atoms with Gasteiger partial charge in [-0.2, -0.15) is 0 Å². The number of sulfone groups is 1. The van der Waals surface area contributed by atoms with Crippen LogP contribution in [0.15, 0.2) is 0 Å². The normalized spacial score (nSPS) is 29.6. The van der Waals surface area contributed by atoms with Crippen LogP contribution in [0, 0.1) is 0 Å². The molecule has 1 N–H and O–H groups in total. The van der Waals surface area contributed by atoms with Crippen molar-refractivity contribution in [1.29, 1.82) is 0 Å². The van der Waals surface area contributed by atoms with E-state index in [0.717, 1.165) is 25.9 Å². The van der Waals surface area contributed by atoms with Gasteiger partial charge in [-0.15, -0.1) is 12.4 Å². The number of likely N-dealkylation sites (tertiary alicyclic amines) is 1. The van der Waals surface area contributed by atoms with Gasteiger partial charge in [-0.05, 0) is 39.8 Å². The van der Waals surface area contributed by atoms with Crippen LogP contribution in [0.1, 0.15) is 26.2 Å². The van der Waals surface area contributed by atoms with E-state index in [0.29, 0.717) is 12.5 Å². The molecule has 2 aliphatic heterocycles. The lowest BCUT2D eigenvalue weighted by atomic mass is 10.0. The number of nitrogens with zero attached hydrogens (tertiary/aromatic N) is 2. The highest BCUT2D eigenvalue weighted by atomic mass is 35.5. The smallest absolute Gasteiger partial charge is 0.239 e. The average Bonchev–Trinajstić information content (AvgIpc) is 2.85. The van der Waals surface area contributed by atoms with E-state index in [1.165, 1.54) is 0 Å². The first-order chi connectivity index (χ1) is 9.84. The van der Waals surface area contributed by atoms with Crippen LogP contribution in [0.25, 0.3) is 0 Å². The molecule has 2 saturated heterocycles. The maximum atomic E-state index is 12.6. The third-order valence-electron chi connectivity index (χ3n) is 4.87. The zero-order chi connectivity index (χ0) is 15.6. The molecule has 0 aliphatic carbocycles. The van der Waals surface area contributed by atoms with Crippen LogP contribution in [-0.2, 0) is 14.6 Å². The average molecular weight is 354 g/mol. The zero-order valence-corrected chi connectivity index (χ0v) is 15.3. The standard InChI is InChI=1S/C14H27N3O3S.ClH/c1-11(17-7-4-5-12(9-17)15-2)14(18)16(3)13-6-8-21(19,20)10-13;/h11-13,15H,4-10H2,1-3H3;1H. The third-order valence-corrected chi connectivity index (χ3v) is 6.62. The van der Waals surface area contributed by atoms with E-state index in [4.69, 9.17) is 0 Å². The van der Waals surface area contributed by atoms with Crippen LogP contribution in [0.2, 0.25) is 0 Å². The van der Waals surface area contributed by atoms with Crippen LogP contribution in [0.5, 0.6) is 0 Å². The number of piperidine rings is 1. The molecule has 0 spiro atoms. The SMILES string of the molecule is CNC1CCCN(C(C)C(=O)N(C)C2CCS(=O)(=O)C2)C1.Cl. The van der Waals surface area contributed by atoms with E-state index in [9.17, 15) is 13.2 Å². The Morgan fingerprint density at radius 2 is 2.05 bits per heavy atom. The van der Waals surface area contributed by atoms with E-state index in [1.54, 1.807) is 11.9 Å². The third kappa shape index (κ3) is 4.57. The van der Waals surface area contributed by atoms with Crippen molar-refractivity contribution in [3.8, 4) is 0 Å². The van der Waals surface area contributed by atoms with Crippen LogP contribution in [-0.4, -0.2) is 80.9 Å². The monoisotopic (exact) mass is 353 g/mol. The lowest BCUT2D eigenvalue weighted by Gasteiger charge is -2.38. The molecule has 8 heteroatoms. The fourth-order valence-electron chi connectivity index (χ4n) is 3.31. The van der Waals surface area contributed by atoms with Crippen molar-refractivity contribution in [3.05, 3.63) is 0 Å². The molecule has 2 heterocycles. The summed E-state index contributed by atoms with van der Waals surface area (Å²) in [5.74, 6) is 0.352. The van der Waals surface area contributed by atoms with Gasteiger partial charge in [0.1, 0.15) is 0 Å². The molecular formula is C14H28ClN3O3S. The molecule has 0 aromatic carbocycles. The number of halogens is 1. The van der Waals surface area contributed by atoms with Gasteiger partial charge < -0.3 is 10.2 Å². The number of hydrogen-bond acceptors (Lipinski definition) is 5. The summed E-state index contributed by atoms with van der Waals surface area (Å²) in [7, 11) is 0.740. The molecule has 130 valence electrons. The first kappa shape index (κ1) is 19.7. The number of likely N-dealkylation sites (N-methyl/N-ethyl adjacent to an activating group) is 2. The summed E-state index contributed by atoms with van der Waals surface area (Å²) in [5, 5.41) is 3.28. The van der Waals surface area contributed by atoms with E-state index < -0.39 is 9.84 Å². The Morgan fingerprint density at radius 3 is 2.59 bits per heavy atom. The largest absolute Gasteiger partial charge is 0.340 e. The summed E-state index contributed by atoms with van der Waals surface area (Å²) in [6.07, 6.45) is 2.80. The molecule has 3 unspecified atom stereocenters. The molecule has 22 heavy (non-hydrogen) atoms. The summed E-state index contributed by atoms with van der Waals surface area (Å²) in [6.45, 7) is 3.74. The fourth-order valence-corrected chi connectivity index (χ4v) is 5.08. The summed E-state index contributed by atoms with van der Waals surface area (Å²) >= 11 is 0. The van der Waals surface area contributed by atoms with Crippen molar-refractivity contribution in [1.82, 2.24) is 15.1 Å². The minimum atomic E-state index is -2.95. The Hall–Kier alpha value is -0.370. The summed E-state index contributed by atoms with van der Waals surface area (Å²) in [5.41, 5.74) is 0. The Labute approximate surface area is 139 Å². The second kappa shape index (κ2) is 7.95. The van der Waals surface area contributed by atoms with Gasteiger partial charge in [0.05, 0.1) is 17.5 Å².